The Morgan fingerprint density at radius 2 is 1.92 bits per heavy atom. The van der Waals surface area contributed by atoms with Crippen LogP contribution in [0.25, 0.3) is 6.08 Å². The predicted molar refractivity (Wildman–Crippen MR) is 97.8 cm³/mol. The number of rotatable bonds is 3. The van der Waals surface area contributed by atoms with Crippen LogP contribution in [0.15, 0.2) is 52.6 Å². The summed E-state index contributed by atoms with van der Waals surface area (Å²) < 4.78 is 0.657. The predicted octanol–water partition coefficient (Wildman–Crippen LogP) is 3.15. The van der Waals surface area contributed by atoms with Crippen molar-refractivity contribution in [2.75, 3.05) is 10.2 Å². The summed E-state index contributed by atoms with van der Waals surface area (Å²) in [5, 5.41) is 2.64. The minimum atomic E-state index is -0.362. The highest BCUT2D eigenvalue weighted by molar-refractivity contribution is 9.10. The highest BCUT2D eigenvalue weighted by Gasteiger charge is 2.35. The van der Waals surface area contributed by atoms with Gasteiger partial charge in [-0.1, -0.05) is 6.07 Å². The largest absolute Gasteiger partial charge is 0.326 e. The van der Waals surface area contributed by atoms with Crippen molar-refractivity contribution in [1.82, 2.24) is 4.98 Å². The first-order valence-corrected chi connectivity index (χ1v) is 8.31. The number of benzene rings is 1. The summed E-state index contributed by atoms with van der Waals surface area (Å²) in [6.07, 6.45) is 1.65. The van der Waals surface area contributed by atoms with E-state index in [9.17, 15) is 14.4 Å². The van der Waals surface area contributed by atoms with Crippen LogP contribution in [0.4, 0.5) is 11.4 Å². The zero-order valence-corrected chi connectivity index (χ0v) is 14.9. The van der Waals surface area contributed by atoms with Gasteiger partial charge in [0, 0.05) is 18.2 Å². The molecule has 0 spiro atoms. The van der Waals surface area contributed by atoms with Crippen LogP contribution in [0.2, 0.25) is 0 Å². The Morgan fingerprint density at radius 3 is 2.56 bits per heavy atom. The summed E-state index contributed by atoms with van der Waals surface area (Å²) in [5.41, 5.74) is 2.06. The van der Waals surface area contributed by atoms with Gasteiger partial charge in [-0.05, 0) is 58.4 Å². The van der Waals surface area contributed by atoms with Gasteiger partial charge >= 0.3 is 0 Å². The van der Waals surface area contributed by atoms with Crippen molar-refractivity contribution >= 4 is 51.1 Å². The monoisotopic (exact) mass is 399 g/mol. The number of carbonyl (C=O) groups excluding carboxylic acids is 3. The molecule has 1 aliphatic rings. The molecule has 1 aromatic heterocycles. The van der Waals surface area contributed by atoms with Crippen LogP contribution < -0.4 is 10.2 Å². The van der Waals surface area contributed by atoms with Crippen LogP contribution >= 0.6 is 15.9 Å². The third kappa shape index (κ3) is 3.83. The lowest BCUT2D eigenvalue weighted by atomic mass is 10.2. The number of nitrogens with zero attached hydrogens (tertiary/aromatic N) is 2. The molecule has 3 rings (SSSR count). The highest BCUT2D eigenvalue weighted by atomic mass is 79.9. The van der Waals surface area contributed by atoms with Gasteiger partial charge in [0.2, 0.25) is 11.8 Å². The van der Waals surface area contributed by atoms with Gasteiger partial charge in [-0.15, -0.1) is 0 Å². The number of halogens is 1. The van der Waals surface area contributed by atoms with Gasteiger partial charge in [0.05, 0.1) is 17.8 Å². The zero-order chi connectivity index (χ0) is 18.0. The zero-order valence-electron chi connectivity index (χ0n) is 13.3. The number of hydrogen-bond donors (Lipinski definition) is 1. The van der Waals surface area contributed by atoms with Crippen molar-refractivity contribution in [3.05, 3.63) is 58.3 Å². The van der Waals surface area contributed by atoms with Gasteiger partial charge in [0.15, 0.2) is 0 Å². The highest BCUT2D eigenvalue weighted by Crippen LogP contribution is 2.28. The van der Waals surface area contributed by atoms with E-state index >= 15 is 0 Å². The molecule has 25 heavy (non-hydrogen) atoms. The third-order valence-corrected chi connectivity index (χ3v) is 4.02. The van der Waals surface area contributed by atoms with Gasteiger partial charge in [0.25, 0.3) is 5.91 Å². The first-order valence-electron chi connectivity index (χ1n) is 7.52. The molecule has 1 aliphatic heterocycles. The lowest BCUT2D eigenvalue weighted by molar-refractivity contribution is -0.120. The van der Waals surface area contributed by atoms with Gasteiger partial charge in [-0.2, -0.15) is 0 Å². The first-order chi connectivity index (χ1) is 11.9. The number of amides is 3. The fraction of sp³-hybridized carbons (Fsp3) is 0.111. The van der Waals surface area contributed by atoms with Crippen molar-refractivity contribution in [1.29, 1.82) is 0 Å². The Kier molecular flexibility index (Phi) is 4.76. The van der Waals surface area contributed by atoms with E-state index in [2.05, 4.69) is 26.2 Å². The molecule has 1 fully saturated rings. The van der Waals surface area contributed by atoms with E-state index in [4.69, 9.17) is 0 Å². The molecule has 1 saturated heterocycles. The average Bonchev–Trinajstić information content (AvgIpc) is 2.82. The molecule has 0 saturated carbocycles. The van der Waals surface area contributed by atoms with Gasteiger partial charge in [0.1, 0.15) is 4.60 Å². The van der Waals surface area contributed by atoms with Crippen LogP contribution in [0.1, 0.15) is 19.0 Å². The van der Waals surface area contributed by atoms with Gasteiger partial charge in [-0.25, -0.2) is 9.88 Å². The molecule has 1 aromatic carbocycles. The summed E-state index contributed by atoms with van der Waals surface area (Å²) in [7, 11) is 0. The maximum Gasteiger partial charge on any atom is 0.261 e. The number of nitrogens with one attached hydrogen (secondary N) is 1. The second-order valence-corrected chi connectivity index (χ2v) is 6.31. The first kappa shape index (κ1) is 17.0. The van der Waals surface area contributed by atoms with E-state index in [1.807, 2.05) is 6.07 Å². The second-order valence-electron chi connectivity index (χ2n) is 5.49. The van der Waals surface area contributed by atoms with Crippen LogP contribution in [0.3, 0.4) is 0 Å². The fourth-order valence-electron chi connectivity index (χ4n) is 2.53. The molecule has 2 aromatic rings. The van der Waals surface area contributed by atoms with E-state index < -0.39 is 0 Å². The van der Waals surface area contributed by atoms with Crippen molar-refractivity contribution in [2.45, 2.75) is 13.3 Å². The topological polar surface area (TPSA) is 79.4 Å². The number of pyridine rings is 1. The molecule has 0 unspecified atom stereocenters. The Balaban J connectivity index is 1.85. The minimum Gasteiger partial charge on any atom is -0.326 e. The van der Waals surface area contributed by atoms with E-state index in [1.165, 1.54) is 6.92 Å². The summed E-state index contributed by atoms with van der Waals surface area (Å²) in [5.74, 6) is -0.842. The molecular formula is C18H14BrN3O3. The van der Waals surface area contributed by atoms with Gasteiger partial charge in [-0.3, -0.25) is 14.4 Å². The molecule has 126 valence electrons. The number of imide groups is 1. The van der Waals surface area contributed by atoms with E-state index in [1.54, 1.807) is 42.5 Å². The van der Waals surface area contributed by atoms with Crippen LogP contribution in [0.5, 0.6) is 0 Å². The molecule has 1 N–H and O–H groups in total. The molecular weight excluding hydrogens is 386 g/mol. The molecule has 0 radical (unpaired) electrons. The normalized spacial score (nSPS) is 15.8. The Morgan fingerprint density at radius 1 is 1.20 bits per heavy atom. The fourth-order valence-corrected chi connectivity index (χ4v) is 2.89. The third-order valence-electron chi connectivity index (χ3n) is 3.57. The second kappa shape index (κ2) is 6.98. The van der Waals surface area contributed by atoms with Crippen molar-refractivity contribution in [2.24, 2.45) is 0 Å². The molecule has 7 heteroatoms. The minimum absolute atomic E-state index is 0.0282. The summed E-state index contributed by atoms with van der Waals surface area (Å²) in [6, 6.07) is 11.9. The summed E-state index contributed by atoms with van der Waals surface area (Å²) in [6.45, 7) is 1.41. The van der Waals surface area contributed by atoms with E-state index in [-0.39, 0.29) is 24.1 Å². The van der Waals surface area contributed by atoms with Gasteiger partial charge < -0.3 is 5.32 Å². The summed E-state index contributed by atoms with van der Waals surface area (Å²) in [4.78, 5) is 41.3. The maximum atomic E-state index is 12.6. The molecule has 0 aliphatic carbocycles. The molecule has 3 amide bonds. The smallest absolute Gasteiger partial charge is 0.261 e. The van der Waals surface area contributed by atoms with Crippen LogP contribution in [-0.2, 0) is 14.4 Å². The van der Waals surface area contributed by atoms with E-state index in [0.29, 0.717) is 27.2 Å². The van der Waals surface area contributed by atoms with Crippen LogP contribution in [0, 0.1) is 0 Å². The number of carbonyl (C=O) groups is 3. The standard InChI is InChI=1S/C18H14BrN3O3/c1-11(23)20-13-5-7-15(8-6-13)22-17(24)10-12(18(22)25)9-14-3-2-4-16(19)21-14/h2-9H,10H2,1H3,(H,20,23)/b12-9+. The number of anilines is 2. The molecule has 6 nitrogen and oxygen atoms in total. The number of hydrogen-bond acceptors (Lipinski definition) is 4. The lowest BCUT2D eigenvalue weighted by Gasteiger charge is -2.14. The SMILES string of the molecule is CC(=O)Nc1ccc(N2C(=O)C/C(=C\c3cccc(Br)n3)C2=O)cc1. The maximum absolute atomic E-state index is 12.6. The van der Waals surface area contributed by atoms with Crippen molar-refractivity contribution in [3.63, 3.8) is 0 Å². The Labute approximate surface area is 152 Å². The Bertz CT molecular complexity index is 891. The average molecular weight is 400 g/mol. The number of aromatic nitrogens is 1. The van der Waals surface area contributed by atoms with Crippen LogP contribution in [-0.4, -0.2) is 22.7 Å². The quantitative estimate of drug-likeness (QED) is 0.488. The summed E-state index contributed by atoms with van der Waals surface area (Å²) >= 11 is 3.28. The molecule has 0 bridgehead atoms. The molecule has 2 heterocycles. The molecule has 0 atom stereocenters. The Hall–Kier alpha value is -2.80. The van der Waals surface area contributed by atoms with E-state index in [0.717, 1.165) is 4.90 Å². The van der Waals surface area contributed by atoms with Crippen molar-refractivity contribution < 1.29 is 14.4 Å². The van der Waals surface area contributed by atoms with Crippen molar-refractivity contribution in [3.8, 4) is 0 Å². The lowest BCUT2D eigenvalue weighted by Crippen LogP contribution is -2.28.